The van der Waals surface area contributed by atoms with Crippen LogP contribution in [0.2, 0.25) is 0 Å². The first kappa shape index (κ1) is 22.1. The molecule has 22 heavy (non-hydrogen) atoms. The van der Waals surface area contributed by atoms with E-state index in [0.717, 1.165) is 23.8 Å². The van der Waals surface area contributed by atoms with Crippen LogP contribution in [0, 0.1) is 12.3 Å². The number of benzene rings is 1. The Hall–Kier alpha value is -2.18. The molecule has 2 nitrogen and oxygen atoms in total. The summed E-state index contributed by atoms with van der Waals surface area (Å²) in [4.78, 5) is 10.0. The molecule has 0 atom stereocenters. The molecule has 0 aliphatic rings. The van der Waals surface area contributed by atoms with Gasteiger partial charge in [-0.05, 0) is 31.9 Å². The quantitative estimate of drug-likeness (QED) is 0.435. The van der Waals surface area contributed by atoms with Gasteiger partial charge >= 0.3 is 0 Å². The number of hydrogen-bond acceptors (Lipinski definition) is 2. The van der Waals surface area contributed by atoms with E-state index in [1.54, 1.807) is 33.1 Å². The molecule has 1 rings (SSSR count). The molecular formula is C19H25FO2. The first-order valence-electron chi connectivity index (χ1n) is 6.97. The third kappa shape index (κ3) is 14.2. The lowest BCUT2D eigenvalue weighted by Crippen LogP contribution is -1.92. The van der Waals surface area contributed by atoms with Gasteiger partial charge in [0.25, 0.3) is 0 Å². The summed E-state index contributed by atoms with van der Waals surface area (Å²) in [5.74, 6) is 2.05. The molecule has 0 aliphatic heterocycles. The van der Waals surface area contributed by atoms with E-state index in [2.05, 4.69) is 12.3 Å². The topological polar surface area (TPSA) is 26.3 Å². The average Bonchev–Trinajstić information content (AvgIpc) is 2.56. The van der Waals surface area contributed by atoms with Crippen molar-refractivity contribution in [2.45, 2.75) is 27.2 Å². The molecule has 3 heteroatoms. The van der Waals surface area contributed by atoms with Crippen molar-refractivity contribution >= 4 is 6.29 Å². The maximum atomic E-state index is 12.6. The van der Waals surface area contributed by atoms with Crippen molar-refractivity contribution in [3.63, 3.8) is 0 Å². The largest absolute Gasteiger partial charge is 0.380 e. The zero-order chi connectivity index (χ0) is 17.2. The van der Waals surface area contributed by atoms with Crippen LogP contribution < -0.4 is 0 Å². The predicted octanol–water partition coefficient (Wildman–Crippen LogP) is 4.98. The molecule has 0 N–H and O–H groups in total. The summed E-state index contributed by atoms with van der Waals surface area (Å²) in [7, 11) is 1.61. The molecular weight excluding hydrogens is 279 g/mol. The summed E-state index contributed by atoms with van der Waals surface area (Å²) in [6, 6.07) is 9.10. The third-order valence-corrected chi connectivity index (χ3v) is 2.34. The number of carbonyl (C=O) groups is 1. The van der Waals surface area contributed by atoms with Gasteiger partial charge in [0.1, 0.15) is 12.1 Å². The summed E-state index contributed by atoms with van der Waals surface area (Å²) >= 11 is 0. The molecule has 0 bridgehead atoms. The van der Waals surface area contributed by atoms with Crippen LogP contribution in [0.1, 0.15) is 37.6 Å². The molecule has 0 saturated carbocycles. The minimum Gasteiger partial charge on any atom is -0.380 e. The highest BCUT2D eigenvalue weighted by molar-refractivity contribution is 5.74. The highest BCUT2D eigenvalue weighted by Crippen LogP contribution is 2.07. The molecule has 0 radical (unpaired) electrons. The zero-order valence-corrected chi connectivity index (χ0v) is 13.8. The number of hydrogen-bond donors (Lipinski definition) is 0. The lowest BCUT2D eigenvalue weighted by atomic mass is 10.2. The Bertz CT molecular complexity index is 482. The van der Waals surface area contributed by atoms with Gasteiger partial charge in [-0.3, -0.25) is 4.79 Å². The lowest BCUT2D eigenvalue weighted by molar-refractivity contribution is 0.112. The van der Waals surface area contributed by atoms with Crippen LogP contribution in [0.25, 0.3) is 0 Å². The van der Waals surface area contributed by atoms with Gasteiger partial charge in [-0.1, -0.05) is 43.3 Å². The first-order chi connectivity index (χ1) is 10.6. The van der Waals surface area contributed by atoms with Gasteiger partial charge in [0.2, 0.25) is 0 Å². The Labute approximate surface area is 133 Å². The minimum absolute atomic E-state index is 0.195. The summed E-state index contributed by atoms with van der Waals surface area (Å²) in [6.45, 7) is 5.82. The second-order valence-electron chi connectivity index (χ2n) is 4.08. The fourth-order valence-electron chi connectivity index (χ4n) is 1.24. The second-order valence-corrected chi connectivity index (χ2v) is 4.08. The number of allylic oxidation sites excluding steroid dienone is 3. The standard InChI is InChI=1S/C9H15FO.C7H6O.C3H4/c1-4-8(7-11-3)6-9(10)5-2;8-6-7-4-2-1-3-5-7;1-3-2/h5-6H,4,7H2,1-3H3;1-6H;1H,2H3/b8-6-,9-5+;;. The summed E-state index contributed by atoms with van der Waals surface area (Å²) in [5.41, 5.74) is 1.70. The van der Waals surface area contributed by atoms with E-state index in [4.69, 9.17) is 4.74 Å². The Kier molecular flexibility index (Phi) is 17.0. The van der Waals surface area contributed by atoms with Gasteiger partial charge in [-0.2, -0.15) is 0 Å². The van der Waals surface area contributed by atoms with Crippen LogP contribution in [-0.2, 0) is 4.74 Å². The molecule has 0 heterocycles. The Morgan fingerprint density at radius 3 is 2.23 bits per heavy atom. The van der Waals surface area contributed by atoms with E-state index in [1.807, 2.05) is 25.1 Å². The molecule has 0 saturated heterocycles. The third-order valence-electron chi connectivity index (χ3n) is 2.34. The average molecular weight is 304 g/mol. The zero-order valence-electron chi connectivity index (χ0n) is 13.8. The van der Waals surface area contributed by atoms with Gasteiger partial charge in [0.15, 0.2) is 0 Å². The number of carbonyl (C=O) groups excluding carboxylic acids is 1. The van der Waals surface area contributed by atoms with Crippen LogP contribution in [0.15, 0.2) is 53.9 Å². The van der Waals surface area contributed by atoms with Crippen molar-refractivity contribution in [3.05, 3.63) is 59.4 Å². The molecule has 1 aromatic rings. The van der Waals surface area contributed by atoms with Crippen LogP contribution >= 0.6 is 0 Å². The van der Waals surface area contributed by atoms with Crippen LogP contribution in [-0.4, -0.2) is 20.0 Å². The second kappa shape index (κ2) is 16.9. The molecule has 0 amide bonds. The van der Waals surface area contributed by atoms with E-state index in [1.165, 1.54) is 12.2 Å². The lowest BCUT2D eigenvalue weighted by Gasteiger charge is -2.00. The number of rotatable bonds is 5. The molecule has 0 spiro atoms. The van der Waals surface area contributed by atoms with Crippen molar-refractivity contribution in [1.82, 2.24) is 0 Å². The first-order valence-corrected chi connectivity index (χ1v) is 6.97. The highest BCUT2D eigenvalue weighted by Gasteiger charge is 1.94. The van der Waals surface area contributed by atoms with Crippen molar-refractivity contribution in [1.29, 1.82) is 0 Å². The van der Waals surface area contributed by atoms with E-state index in [0.29, 0.717) is 6.61 Å². The van der Waals surface area contributed by atoms with E-state index in [9.17, 15) is 9.18 Å². The maximum absolute atomic E-state index is 12.6. The number of methoxy groups -OCH3 is 1. The molecule has 0 fully saturated rings. The van der Waals surface area contributed by atoms with Crippen LogP contribution in [0.5, 0.6) is 0 Å². The maximum Gasteiger partial charge on any atom is 0.150 e. The fourth-order valence-corrected chi connectivity index (χ4v) is 1.24. The van der Waals surface area contributed by atoms with Gasteiger partial charge in [0, 0.05) is 12.7 Å². The van der Waals surface area contributed by atoms with Gasteiger partial charge in [-0.15, -0.1) is 12.3 Å². The smallest absolute Gasteiger partial charge is 0.150 e. The van der Waals surface area contributed by atoms with Crippen molar-refractivity contribution in [2.24, 2.45) is 0 Å². The van der Waals surface area contributed by atoms with E-state index < -0.39 is 0 Å². The summed E-state index contributed by atoms with van der Waals surface area (Å²) in [6.07, 6.45) is 9.21. The summed E-state index contributed by atoms with van der Waals surface area (Å²) in [5, 5.41) is 0. The molecule has 120 valence electrons. The number of terminal acetylenes is 1. The number of aldehydes is 1. The number of ether oxygens (including phenoxy) is 1. The van der Waals surface area contributed by atoms with Gasteiger partial charge in [-0.25, -0.2) is 4.39 Å². The van der Waals surface area contributed by atoms with Crippen molar-refractivity contribution < 1.29 is 13.9 Å². The Balaban J connectivity index is 0. The molecule has 0 aromatic heterocycles. The van der Waals surface area contributed by atoms with Crippen molar-refractivity contribution in [3.8, 4) is 12.3 Å². The van der Waals surface area contributed by atoms with Crippen LogP contribution in [0.4, 0.5) is 4.39 Å². The highest BCUT2D eigenvalue weighted by atomic mass is 19.1. The number of halogens is 1. The van der Waals surface area contributed by atoms with E-state index in [-0.39, 0.29) is 5.83 Å². The normalized spacial score (nSPS) is 10.4. The monoisotopic (exact) mass is 304 g/mol. The van der Waals surface area contributed by atoms with Crippen molar-refractivity contribution in [2.75, 3.05) is 13.7 Å². The Morgan fingerprint density at radius 2 is 1.91 bits per heavy atom. The summed E-state index contributed by atoms with van der Waals surface area (Å²) < 4.78 is 17.5. The van der Waals surface area contributed by atoms with E-state index >= 15 is 0 Å². The SMILES string of the molecule is C#CC.C/C=C(F)\C=C(\CC)COC.O=Cc1ccccc1. The molecule has 1 aromatic carbocycles. The minimum atomic E-state index is -0.195. The fraction of sp³-hybridized carbons (Fsp3) is 0.316. The Morgan fingerprint density at radius 1 is 1.36 bits per heavy atom. The predicted molar refractivity (Wildman–Crippen MR) is 91.5 cm³/mol. The molecule has 0 unspecified atom stereocenters. The molecule has 0 aliphatic carbocycles. The van der Waals surface area contributed by atoms with Gasteiger partial charge in [0.05, 0.1) is 6.61 Å². The van der Waals surface area contributed by atoms with Crippen LogP contribution in [0.3, 0.4) is 0 Å². The van der Waals surface area contributed by atoms with Gasteiger partial charge < -0.3 is 4.74 Å².